The SMILES string of the molecule is CC(C)(C)N1CC[C@@H](N)C1=O. The van der Waals surface area contributed by atoms with Crippen molar-refractivity contribution in [2.45, 2.75) is 38.8 Å². The minimum absolute atomic E-state index is 0.0643. The van der Waals surface area contributed by atoms with Crippen LogP contribution >= 0.6 is 0 Å². The Morgan fingerprint density at radius 1 is 1.55 bits per heavy atom. The zero-order valence-electron chi connectivity index (χ0n) is 7.42. The molecule has 0 aromatic carbocycles. The van der Waals surface area contributed by atoms with E-state index in [1.165, 1.54) is 0 Å². The molecule has 1 rings (SSSR count). The minimum atomic E-state index is -0.255. The van der Waals surface area contributed by atoms with Gasteiger partial charge in [0.15, 0.2) is 0 Å². The summed E-state index contributed by atoms with van der Waals surface area (Å²) in [5.41, 5.74) is 5.51. The molecule has 3 nitrogen and oxygen atoms in total. The first-order valence-corrected chi connectivity index (χ1v) is 4.00. The first-order valence-electron chi connectivity index (χ1n) is 4.00. The zero-order valence-corrected chi connectivity index (χ0v) is 7.42. The number of carbonyl (C=O) groups is 1. The summed E-state index contributed by atoms with van der Waals surface area (Å²) in [5.74, 6) is 0.0949. The molecule has 0 radical (unpaired) electrons. The summed E-state index contributed by atoms with van der Waals surface area (Å²) in [7, 11) is 0. The summed E-state index contributed by atoms with van der Waals surface area (Å²) in [6.45, 7) is 6.90. The van der Waals surface area contributed by atoms with E-state index in [4.69, 9.17) is 5.73 Å². The minimum Gasteiger partial charge on any atom is -0.336 e. The third-order valence-electron chi connectivity index (χ3n) is 2.06. The first kappa shape index (κ1) is 8.53. The van der Waals surface area contributed by atoms with Crippen LogP contribution in [0.5, 0.6) is 0 Å². The van der Waals surface area contributed by atoms with Crippen LogP contribution in [0.1, 0.15) is 27.2 Å². The van der Waals surface area contributed by atoms with Crippen LogP contribution in [0.2, 0.25) is 0 Å². The van der Waals surface area contributed by atoms with Gasteiger partial charge in [-0.15, -0.1) is 0 Å². The molecule has 0 unspecified atom stereocenters. The van der Waals surface area contributed by atoms with Crippen LogP contribution in [0.3, 0.4) is 0 Å². The van der Waals surface area contributed by atoms with Crippen molar-refractivity contribution in [1.82, 2.24) is 4.90 Å². The second-order valence-electron chi connectivity index (χ2n) is 4.06. The van der Waals surface area contributed by atoms with E-state index in [1.54, 1.807) is 0 Å². The lowest BCUT2D eigenvalue weighted by Gasteiger charge is -2.31. The highest BCUT2D eigenvalue weighted by Crippen LogP contribution is 2.20. The Labute approximate surface area is 67.5 Å². The molecule has 0 aliphatic carbocycles. The van der Waals surface area contributed by atoms with Gasteiger partial charge in [-0.05, 0) is 27.2 Å². The quantitative estimate of drug-likeness (QED) is 0.550. The molecule has 0 saturated carbocycles. The summed E-state index contributed by atoms with van der Waals surface area (Å²) in [6, 6.07) is -0.255. The maximum Gasteiger partial charge on any atom is 0.239 e. The van der Waals surface area contributed by atoms with Crippen LogP contribution in [0.4, 0.5) is 0 Å². The second-order valence-corrected chi connectivity index (χ2v) is 4.06. The highest BCUT2D eigenvalue weighted by molar-refractivity contribution is 5.84. The standard InChI is InChI=1S/C8H16N2O/c1-8(2,3)10-5-4-6(9)7(10)11/h6H,4-5,9H2,1-3H3/t6-/m1/s1. The molecule has 1 aliphatic heterocycles. The topological polar surface area (TPSA) is 46.3 Å². The van der Waals surface area contributed by atoms with Gasteiger partial charge < -0.3 is 10.6 Å². The van der Waals surface area contributed by atoms with Crippen LogP contribution in [-0.2, 0) is 4.79 Å². The lowest BCUT2D eigenvalue weighted by Crippen LogP contribution is -2.45. The fourth-order valence-corrected chi connectivity index (χ4v) is 1.37. The van der Waals surface area contributed by atoms with Gasteiger partial charge in [0.1, 0.15) is 0 Å². The Morgan fingerprint density at radius 3 is 2.27 bits per heavy atom. The van der Waals surface area contributed by atoms with E-state index >= 15 is 0 Å². The van der Waals surface area contributed by atoms with Crippen LogP contribution in [-0.4, -0.2) is 28.9 Å². The zero-order chi connectivity index (χ0) is 8.65. The predicted octanol–water partition coefficient (Wildman–Crippen LogP) is 0.345. The summed E-state index contributed by atoms with van der Waals surface area (Å²) in [5, 5.41) is 0. The molecule has 2 N–H and O–H groups in total. The summed E-state index contributed by atoms with van der Waals surface area (Å²) < 4.78 is 0. The smallest absolute Gasteiger partial charge is 0.239 e. The van der Waals surface area contributed by atoms with Crippen molar-refractivity contribution in [3.05, 3.63) is 0 Å². The number of nitrogens with zero attached hydrogens (tertiary/aromatic N) is 1. The van der Waals surface area contributed by atoms with Crippen molar-refractivity contribution in [3.63, 3.8) is 0 Å². The molecular formula is C8H16N2O. The molecule has 0 aromatic heterocycles. The summed E-state index contributed by atoms with van der Waals surface area (Å²) in [4.78, 5) is 13.2. The highest BCUT2D eigenvalue weighted by Gasteiger charge is 2.35. The van der Waals surface area contributed by atoms with Gasteiger partial charge in [-0.25, -0.2) is 0 Å². The molecule has 0 aromatic rings. The molecule has 3 heteroatoms. The van der Waals surface area contributed by atoms with Crippen LogP contribution in [0.15, 0.2) is 0 Å². The van der Waals surface area contributed by atoms with Crippen LogP contribution in [0.25, 0.3) is 0 Å². The molecule has 0 bridgehead atoms. The fraction of sp³-hybridized carbons (Fsp3) is 0.875. The van der Waals surface area contributed by atoms with Crippen LogP contribution < -0.4 is 5.73 Å². The number of rotatable bonds is 0. The Morgan fingerprint density at radius 2 is 2.09 bits per heavy atom. The van der Waals surface area contributed by atoms with Gasteiger partial charge in [0.25, 0.3) is 0 Å². The average molecular weight is 156 g/mol. The Bertz CT molecular complexity index is 171. The van der Waals surface area contributed by atoms with Crippen molar-refractivity contribution < 1.29 is 4.79 Å². The Hall–Kier alpha value is -0.570. The molecule has 1 fully saturated rings. The van der Waals surface area contributed by atoms with Gasteiger partial charge in [0, 0.05) is 12.1 Å². The number of hydrogen-bond donors (Lipinski definition) is 1. The molecule has 1 heterocycles. The Balaban J connectivity index is 2.70. The van der Waals surface area contributed by atoms with Crippen molar-refractivity contribution in [2.24, 2.45) is 5.73 Å². The number of nitrogens with two attached hydrogens (primary N) is 1. The number of likely N-dealkylation sites (tertiary alicyclic amines) is 1. The van der Waals surface area contributed by atoms with E-state index in [1.807, 2.05) is 25.7 Å². The van der Waals surface area contributed by atoms with Gasteiger partial charge in [0.05, 0.1) is 6.04 Å². The summed E-state index contributed by atoms with van der Waals surface area (Å²) in [6.07, 6.45) is 0.802. The molecule has 1 amide bonds. The average Bonchev–Trinajstić information content (AvgIpc) is 2.11. The third-order valence-corrected chi connectivity index (χ3v) is 2.06. The number of hydrogen-bond acceptors (Lipinski definition) is 2. The number of carbonyl (C=O) groups excluding carboxylic acids is 1. The van der Waals surface area contributed by atoms with Gasteiger partial charge in [-0.2, -0.15) is 0 Å². The molecule has 1 atom stereocenters. The van der Waals surface area contributed by atoms with Gasteiger partial charge >= 0.3 is 0 Å². The number of amides is 1. The van der Waals surface area contributed by atoms with E-state index in [9.17, 15) is 4.79 Å². The molecular weight excluding hydrogens is 140 g/mol. The highest BCUT2D eigenvalue weighted by atomic mass is 16.2. The van der Waals surface area contributed by atoms with E-state index < -0.39 is 0 Å². The largest absolute Gasteiger partial charge is 0.336 e. The van der Waals surface area contributed by atoms with Gasteiger partial charge in [-0.3, -0.25) is 4.79 Å². The molecule has 64 valence electrons. The third kappa shape index (κ3) is 1.53. The first-order chi connectivity index (χ1) is 4.93. The second kappa shape index (κ2) is 2.48. The van der Waals surface area contributed by atoms with Crippen LogP contribution in [0, 0.1) is 0 Å². The Kier molecular flexibility index (Phi) is 1.92. The van der Waals surface area contributed by atoms with E-state index in [0.29, 0.717) is 0 Å². The van der Waals surface area contributed by atoms with Gasteiger partial charge in [-0.1, -0.05) is 0 Å². The maximum atomic E-state index is 11.4. The van der Waals surface area contributed by atoms with Gasteiger partial charge in [0.2, 0.25) is 5.91 Å². The maximum absolute atomic E-state index is 11.4. The lowest BCUT2D eigenvalue weighted by atomic mass is 10.1. The lowest BCUT2D eigenvalue weighted by molar-refractivity contribution is -0.132. The van der Waals surface area contributed by atoms with Crippen molar-refractivity contribution in [3.8, 4) is 0 Å². The van der Waals surface area contributed by atoms with E-state index in [-0.39, 0.29) is 17.5 Å². The fourth-order valence-electron chi connectivity index (χ4n) is 1.37. The predicted molar refractivity (Wildman–Crippen MR) is 44.1 cm³/mol. The summed E-state index contributed by atoms with van der Waals surface area (Å²) >= 11 is 0. The van der Waals surface area contributed by atoms with E-state index in [2.05, 4.69) is 0 Å². The normalized spacial score (nSPS) is 26.4. The van der Waals surface area contributed by atoms with Crippen molar-refractivity contribution in [2.75, 3.05) is 6.54 Å². The molecule has 0 spiro atoms. The van der Waals surface area contributed by atoms with Crippen molar-refractivity contribution in [1.29, 1.82) is 0 Å². The van der Waals surface area contributed by atoms with Crippen molar-refractivity contribution >= 4 is 5.91 Å². The monoisotopic (exact) mass is 156 g/mol. The molecule has 1 saturated heterocycles. The molecule has 11 heavy (non-hydrogen) atoms. The van der Waals surface area contributed by atoms with E-state index in [0.717, 1.165) is 13.0 Å². The molecule has 1 aliphatic rings.